The Morgan fingerprint density at radius 2 is 0.950 bits per heavy atom. The third-order valence-corrected chi connectivity index (χ3v) is 8.63. The first-order chi connectivity index (χ1) is 19.6. The van der Waals surface area contributed by atoms with E-state index < -0.39 is 0 Å². The molecular formula is C34H34N6. The van der Waals surface area contributed by atoms with Gasteiger partial charge in [-0.05, 0) is 51.2 Å². The van der Waals surface area contributed by atoms with Crippen LogP contribution in [-0.4, -0.2) is 55.9 Å². The average molecular weight is 527 g/mol. The van der Waals surface area contributed by atoms with E-state index >= 15 is 0 Å². The van der Waals surface area contributed by atoms with E-state index in [4.69, 9.17) is 9.97 Å². The zero-order valence-corrected chi connectivity index (χ0v) is 23.2. The van der Waals surface area contributed by atoms with Crippen LogP contribution in [0.15, 0.2) is 85.2 Å². The molecule has 4 heterocycles. The van der Waals surface area contributed by atoms with E-state index in [0.717, 1.165) is 68.1 Å². The lowest BCUT2D eigenvalue weighted by Gasteiger charge is -2.42. The second-order valence-electron chi connectivity index (χ2n) is 11.3. The number of fused-ring (bicyclic) bond motifs is 6. The van der Waals surface area contributed by atoms with Crippen LogP contribution in [0.5, 0.6) is 0 Å². The second-order valence-corrected chi connectivity index (χ2v) is 11.3. The van der Waals surface area contributed by atoms with E-state index in [1.165, 1.54) is 25.7 Å². The molecule has 0 radical (unpaired) electrons. The van der Waals surface area contributed by atoms with Crippen LogP contribution >= 0.6 is 0 Å². The number of hydrogen-bond donors (Lipinski definition) is 0. The van der Waals surface area contributed by atoms with Crippen LogP contribution in [0.2, 0.25) is 0 Å². The Morgan fingerprint density at radius 3 is 1.40 bits per heavy atom. The van der Waals surface area contributed by atoms with Crippen molar-refractivity contribution in [3.63, 3.8) is 0 Å². The molecule has 0 saturated heterocycles. The summed E-state index contributed by atoms with van der Waals surface area (Å²) in [5, 5.41) is 4.54. The predicted molar refractivity (Wildman–Crippen MR) is 163 cm³/mol. The minimum absolute atomic E-state index is 0.463. The third kappa shape index (κ3) is 4.67. The van der Waals surface area contributed by atoms with E-state index in [2.05, 4.69) is 94.5 Å². The number of rotatable bonds is 6. The first-order valence-electron chi connectivity index (χ1n) is 14.3. The summed E-state index contributed by atoms with van der Waals surface area (Å²) < 4.78 is 0. The molecule has 0 amide bonds. The van der Waals surface area contributed by atoms with Crippen LogP contribution in [0.3, 0.4) is 0 Å². The highest BCUT2D eigenvalue weighted by Gasteiger charge is 2.31. The van der Waals surface area contributed by atoms with Crippen molar-refractivity contribution in [2.75, 3.05) is 14.1 Å². The van der Waals surface area contributed by atoms with Gasteiger partial charge in [0.05, 0.1) is 33.5 Å². The standard InChI is InChI=1S/C34H34N6/c1-39(21-27-17-15-25-13-11-23-7-5-19-35-31(23)33(25)37-27)29-9-3-4-10-30(29)40(2)22-28-18-16-26-14-12-24-8-6-20-36-32(24)34(26)38-28/h5-8,11-20,29-30H,3-4,9-10,21-22H2,1-2H3/t29-,30-/m1/s1. The van der Waals surface area contributed by atoms with Gasteiger partial charge in [0.2, 0.25) is 0 Å². The number of benzene rings is 2. The number of aromatic nitrogens is 4. The van der Waals surface area contributed by atoms with Crippen LogP contribution in [0, 0.1) is 0 Å². The molecule has 0 N–H and O–H groups in total. The number of nitrogens with zero attached hydrogens (tertiary/aromatic N) is 6. The van der Waals surface area contributed by atoms with Crippen molar-refractivity contribution in [3.05, 3.63) is 96.6 Å². The van der Waals surface area contributed by atoms with Crippen molar-refractivity contribution in [3.8, 4) is 0 Å². The Morgan fingerprint density at radius 1 is 0.550 bits per heavy atom. The molecule has 1 saturated carbocycles. The Kier molecular flexibility index (Phi) is 6.58. The van der Waals surface area contributed by atoms with Crippen molar-refractivity contribution in [1.82, 2.24) is 29.7 Å². The molecule has 1 fully saturated rings. The van der Waals surface area contributed by atoms with Crippen LogP contribution in [0.25, 0.3) is 43.6 Å². The van der Waals surface area contributed by atoms with Crippen LogP contribution in [0.1, 0.15) is 37.1 Å². The smallest absolute Gasteiger partial charge is 0.0968 e. The lowest BCUT2D eigenvalue weighted by molar-refractivity contribution is 0.0681. The summed E-state index contributed by atoms with van der Waals surface area (Å²) in [4.78, 5) is 24.5. The molecule has 6 aromatic rings. The first-order valence-corrected chi connectivity index (χ1v) is 14.3. The van der Waals surface area contributed by atoms with Crippen LogP contribution in [-0.2, 0) is 13.1 Å². The first kappa shape index (κ1) is 25.0. The Bertz CT molecular complexity index is 1700. The van der Waals surface area contributed by atoms with Crippen LogP contribution < -0.4 is 0 Å². The quantitative estimate of drug-likeness (QED) is 0.224. The Hall–Kier alpha value is -4.00. The molecular weight excluding hydrogens is 492 g/mol. The van der Waals surface area contributed by atoms with E-state index in [1.54, 1.807) is 0 Å². The Balaban J connectivity index is 1.12. The molecule has 4 aromatic heterocycles. The zero-order valence-electron chi connectivity index (χ0n) is 23.2. The molecule has 2 atom stereocenters. The lowest BCUT2D eigenvalue weighted by atomic mass is 9.88. The van der Waals surface area contributed by atoms with E-state index in [-0.39, 0.29) is 0 Å². The maximum Gasteiger partial charge on any atom is 0.0968 e. The predicted octanol–water partition coefficient (Wildman–Crippen LogP) is 6.75. The van der Waals surface area contributed by atoms with Gasteiger partial charge in [-0.25, -0.2) is 9.97 Å². The summed E-state index contributed by atoms with van der Waals surface area (Å²) in [7, 11) is 4.52. The summed E-state index contributed by atoms with van der Waals surface area (Å²) in [5.74, 6) is 0. The zero-order chi connectivity index (χ0) is 27.1. The van der Waals surface area contributed by atoms with Gasteiger partial charge in [0.25, 0.3) is 0 Å². The molecule has 7 rings (SSSR count). The SMILES string of the molecule is CN(Cc1ccc2ccc3cccnc3c2n1)[C@@H]1CCCC[C@H]1N(C)Cc1ccc2ccc3cccnc3c2n1. The molecule has 6 heteroatoms. The number of hydrogen-bond acceptors (Lipinski definition) is 6. The van der Waals surface area contributed by atoms with E-state index in [1.807, 2.05) is 24.5 Å². The summed E-state index contributed by atoms with van der Waals surface area (Å²) in [6.07, 6.45) is 8.64. The molecule has 40 heavy (non-hydrogen) atoms. The Labute approximate surface area is 234 Å². The van der Waals surface area contributed by atoms with Crippen molar-refractivity contribution in [2.45, 2.75) is 50.9 Å². The maximum absolute atomic E-state index is 5.10. The van der Waals surface area contributed by atoms with E-state index in [0.29, 0.717) is 12.1 Å². The van der Waals surface area contributed by atoms with Crippen molar-refractivity contribution < 1.29 is 0 Å². The number of pyridine rings is 4. The molecule has 6 nitrogen and oxygen atoms in total. The van der Waals surface area contributed by atoms with Gasteiger partial charge >= 0.3 is 0 Å². The fourth-order valence-corrected chi connectivity index (χ4v) is 6.57. The van der Waals surface area contributed by atoms with Crippen molar-refractivity contribution in [2.24, 2.45) is 0 Å². The monoisotopic (exact) mass is 526 g/mol. The summed E-state index contributed by atoms with van der Waals surface area (Å²) in [5.41, 5.74) is 6.12. The van der Waals surface area contributed by atoms with Gasteiger partial charge in [0.1, 0.15) is 0 Å². The summed E-state index contributed by atoms with van der Waals surface area (Å²) in [6, 6.07) is 26.4. The molecule has 1 aliphatic rings. The highest BCUT2D eigenvalue weighted by atomic mass is 15.2. The fourth-order valence-electron chi connectivity index (χ4n) is 6.57. The van der Waals surface area contributed by atoms with Gasteiger partial charge < -0.3 is 0 Å². The van der Waals surface area contributed by atoms with Gasteiger partial charge in [0, 0.05) is 59.1 Å². The molecule has 0 aliphatic heterocycles. The molecule has 0 unspecified atom stereocenters. The molecule has 1 aliphatic carbocycles. The van der Waals surface area contributed by atoms with Crippen molar-refractivity contribution >= 4 is 43.6 Å². The average Bonchev–Trinajstić information content (AvgIpc) is 3.01. The van der Waals surface area contributed by atoms with Crippen LogP contribution in [0.4, 0.5) is 0 Å². The highest BCUT2D eigenvalue weighted by Crippen LogP contribution is 2.29. The van der Waals surface area contributed by atoms with Crippen molar-refractivity contribution in [1.29, 1.82) is 0 Å². The summed E-state index contributed by atoms with van der Waals surface area (Å²) >= 11 is 0. The maximum atomic E-state index is 5.10. The van der Waals surface area contributed by atoms with Gasteiger partial charge in [0.15, 0.2) is 0 Å². The number of likely N-dealkylation sites (N-methyl/N-ethyl adjacent to an activating group) is 2. The van der Waals surface area contributed by atoms with Gasteiger partial charge in [-0.15, -0.1) is 0 Å². The third-order valence-electron chi connectivity index (χ3n) is 8.63. The van der Waals surface area contributed by atoms with Gasteiger partial charge in [-0.2, -0.15) is 0 Å². The minimum Gasteiger partial charge on any atom is -0.296 e. The van der Waals surface area contributed by atoms with Gasteiger partial charge in [-0.1, -0.05) is 61.4 Å². The highest BCUT2D eigenvalue weighted by molar-refractivity contribution is 6.03. The minimum atomic E-state index is 0.463. The molecule has 0 bridgehead atoms. The molecule has 2 aromatic carbocycles. The largest absolute Gasteiger partial charge is 0.296 e. The normalized spacial score (nSPS) is 18.0. The summed E-state index contributed by atoms with van der Waals surface area (Å²) in [6.45, 7) is 1.64. The lowest BCUT2D eigenvalue weighted by Crippen LogP contribution is -2.50. The molecule has 200 valence electrons. The second kappa shape index (κ2) is 10.5. The topological polar surface area (TPSA) is 58.0 Å². The fraction of sp³-hybridized carbons (Fsp3) is 0.294. The van der Waals surface area contributed by atoms with Gasteiger partial charge in [-0.3, -0.25) is 19.8 Å². The molecule has 0 spiro atoms. The van der Waals surface area contributed by atoms with E-state index in [9.17, 15) is 0 Å².